The molecule has 0 spiro atoms. The number of fused-ring (bicyclic) bond motifs is 1. The number of amides is 2. The van der Waals surface area contributed by atoms with E-state index in [0.29, 0.717) is 12.8 Å². The number of nitrogens with one attached hydrogen (secondary N) is 2. The fraction of sp³-hybridized carbons (Fsp3) is 0.727. The number of carbonyl (C=O) groups excluding carboxylic acids is 3. The Bertz CT molecular complexity index is 394. The first-order chi connectivity index (χ1) is 8.99. The topological polar surface area (TPSA) is 121 Å². The molecule has 3 atom stereocenters. The number of thioether (sulfide) groups is 1. The van der Waals surface area contributed by atoms with Gasteiger partial charge in [0.25, 0.3) is 0 Å². The van der Waals surface area contributed by atoms with Crippen molar-refractivity contribution in [2.75, 3.05) is 5.75 Å². The predicted octanol–water partition coefficient (Wildman–Crippen LogP) is -5.56. The third-order valence-electron chi connectivity index (χ3n) is 3.49. The van der Waals surface area contributed by atoms with E-state index in [4.69, 9.17) is 0 Å². The third-order valence-corrected chi connectivity index (χ3v) is 5.00. The minimum absolute atomic E-state index is 0. The van der Waals surface area contributed by atoms with Crippen LogP contribution in [-0.4, -0.2) is 41.1 Å². The van der Waals surface area contributed by atoms with Gasteiger partial charge in [0.1, 0.15) is 0 Å². The van der Waals surface area contributed by atoms with Crippen molar-refractivity contribution >= 4 is 29.7 Å². The average molecular weight is 293 g/mol. The molecule has 0 radical (unpaired) electrons. The number of carboxylic acids is 2. The summed E-state index contributed by atoms with van der Waals surface area (Å²) in [5.74, 6) is -3.95. The largest absolute Gasteiger partial charge is 1.00 e. The number of rotatable bonds is 6. The summed E-state index contributed by atoms with van der Waals surface area (Å²) in [5.41, 5.74) is 0. The fourth-order valence-corrected chi connectivity index (χ4v) is 4.04. The molecular weight excluding hydrogens is 279 g/mol. The van der Waals surface area contributed by atoms with Gasteiger partial charge in [-0.15, -0.1) is 0 Å². The molecule has 2 fully saturated rings. The molecule has 2 amide bonds. The van der Waals surface area contributed by atoms with Gasteiger partial charge < -0.3 is 30.4 Å². The maximum Gasteiger partial charge on any atom is 1.00 e. The first-order valence-electron chi connectivity index (χ1n) is 6.09. The Hall–Kier alpha value is -0.843. The van der Waals surface area contributed by atoms with Crippen LogP contribution in [0.2, 0.25) is 0 Å². The molecule has 0 aromatic heterocycles. The van der Waals surface area contributed by atoms with E-state index < -0.39 is 17.9 Å². The van der Waals surface area contributed by atoms with Gasteiger partial charge in [-0.1, -0.05) is 6.42 Å². The summed E-state index contributed by atoms with van der Waals surface area (Å²) in [6, 6.07) is -0.0231. The van der Waals surface area contributed by atoms with Crippen LogP contribution in [0.5, 0.6) is 0 Å². The standard InChI is InChI=1S/C11H16N2O5S.Li/c14-9(15)5(10(16)17)2-1-3-7-8-6(4-19-7)12-11(18)13-8;/h5-8H,1-4H2,(H,14,15)(H,16,17)(H2,12,13,18);/q;+1/p-2. The number of urea groups is 1. The summed E-state index contributed by atoms with van der Waals surface area (Å²) in [6.45, 7) is 0. The Morgan fingerprint density at radius 1 is 1.30 bits per heavy atom. The summed E-state index contributed by atoms with van der Waals surface area (Å²) in [7, 11) is 0. The molecule has 0 bridgehead atoms. The maximum atomic E-state index is 11.2. The SMILES string of the molecule is O=C1NC2CSC(CCCC(C(=O)[O-])C(=O)[O-])C2N1.[Li+]. The minimum atomic E-state index is -1.60. The van der Waals surface area contributed by atoms with E-state index in [1.54, 1.807) is 11.8 Å². The second-order valence-corrected chi connectivity index (χ2v) is 6.02. The van der Waals surface area contributed by atoms with Crippen molar-refractivity contribution in [3.8, 4) is 0 Å². The van der Waals surface area contributed by atoms with Crippen LogP contribution in [0.25, 0.3) is 0 Å². The Morgan fingerprint density at radius 2 is 1.95 bits per heavy atom. The van der Waals surface area contributed by atoms with Crippen LogP contribution in [0, 0.1) is 5.92 Å². The van der Waals surface area contributed by atoms with Gasteiger partial charge in [0.05, 0.1) is 24.0 Å². The molecule has 0 saturated carbocycles. The zero-order valence-corrected chi connectivity index (χ0v) is 11.9. The number of hydrogen-bond acceptors (Lipinski definition) is 6. The number of carboxylic acid groups (broad SMARTS) is 2. The van der Waals surface area contributed by atoms with Crippen molar-refractivity contribution < 1.29 is 43.5 Å². The maximum absolute atomic E-state index is 11.2. The summed E-state index contributed by atoms with van der Waals surface area (Å²) in [4.78, 5) is 32.3. The minimum Gasteiger partial charge on any atom is -0.549 e. The van der Waals surface area contributed by atoms with Crippen LogP contribution < -0.4 is 39.7 Å². The molecule has 7 nitrogen and oxygen atoms in total. The molecule has 3 unspecified atom stereocenters. The van der Waals surface area contributed by atoms with Crippen LogP contribution in [0.15, 0.2) is 0 Å². The van der Waals surface area contributed by atoms with E-state index in [0.717, 1.165) is 5.75 Å². The predicted molar refractivity (Wildman–Crippen MR) is 62.8 cm³/mol. The first kappa shape index (κ1) is 17.2. The van der Waals surface area contributed by atoms with Crippen molar-refractivity contribution in [2.24, 2.45) is 5.92 Å². The third kappa shape index (κ3) is 3.84. The van der Waals surface area contributed by atoms with Crippen molar-refractivity contribution in [3.63, 3.8) is 0 Å². The second kappa shape index (κ2) is 7.25. The molecular formula is C11H14LiN2O5S-. The molecule has 0 aromatic rings. The van der Waals surface area contributed by atoms with Crippen molar-refractivity contribution in [1.82, 2.24) is 10.6 Å². The van der Waals surface area contributed by atoms with E-state index in [1.807, 2.05) is 0 Å². The summed E-state index contributed by atoms with van der Waals surface area (Å²) in [6.07, 6.45) is 1.11. The fourth-order valence-electron chi connectivity index (χ4n) is 2.50. The van der Waals surface area contributed by atoms with Crippen molar-refractivity contribution in [1.29, 1.82) is 0 Å². The van der Waals surface area contributed by atoms with Gasteiger partial charge >= 0.3 is 24.9 Å². The monoisotopic (exact) mass is 293 g/mol. The molecule has 2 saturated heterocycles. The zero-order chi connectivity index (χ0) is 14.0. The van der Waals surface area contributed by atoms with Crippen LogP contribution in [0.1, 0.15) is 19.3 Å². The Kier molecular flexibility index (Phi) is 6.24. The normalized spacial score (nSPS) is 27.4. The molecule has 2 aliphatic rings. The molecule has 2 rings (SSSR count). The first-order valence-corrected chi connectivity index (χ1v) is 7.14. The van der Waals surface area contributed by atoms with E-state index in [2.05, 4.69) is 10.6 Å². The smallest absolute Gasteiger partial charge is 0.549 e. The van der Waals surface area contributed by atoms with Crippen molar-refractivity contribution in [2.45, 2.75) is 36.6 Å². The summed E-state index contributed by atoms with van der Waals surface area (Å²) >= 11 is 1.70. The van der Waals surface area contributed by atoms with Gasteiger partial charge in [-0.25, -0.2) is 4.79 Å². The van der Waals surface area contributed by atoms with E-state index in [-0.39, 0.29) is 48.6 Å². The van der Waals surface area contributed by atoms with Gasteiger partial charge in [-0.05, 0) is 12.8 Å². The molecule has 2 aliphatic heterocycles. The van der Waals surface area contributed by atoms with Crippen LogP contribution in [0.4, 0.5) is 4.79 Å². The van der Waals surface area contributed by atoms with Gasteiger partial charge in [0.15, 0.2) is 0 Å². The van der Waals surface area contributed by atoms with Gasteiger partial charge in [0.2, 0.25) is 0 Å². The molecule has 0 aromatic carbocycles. The summed E-state index contributed by atoms with van der Waals surface area (Å²) < 4.78 is 0. The van der Waals surface area contributed by atoms with Gasteiger partial charge in [-0.2, -0.15) is 11.8 Å². The van der Waals surface area contributed by atoms with E-state index in [1.165, 1.54) is 0 Å². The molecule has 9 heteroatoms. The Labute approximate surface area is 132 Å². The zero-order valence-electron chi connectivity index (χ0n) is 11.1. The number of carbonyl (C=O) groups is 3. The van der Waals surface area contributed by atoms with Crippen LogP contribution >= 0.6 is 11.8 Å². The molecule has 106 valence electrons. The molecule has 20 heavy (non-hydrogen) atoms. The number of hydrogen-bond donors (Lipinski definition) is 2. The average Bonchev–Trinajstić information content (AvgIpc) is 2.83. The molecule has 2 heterocycles. The van der Waals surface area contributed by atoms with Gasteiger partial charge in [0, 0.05) is 16.9 Å². The van der Waals surface area contributed by atoms with Crippen molar-refractivity contribution in [3.05, 3.63) is 0 Å². The van der Waals surface area contributed by atoms with E-state index in [9.17, 15) is 24.6 Å². The molecule has 2 N–H and O–H groups in total. The second-order valence-electron chi connectivity index (χ2n) is 4.74. The number of aliphatic carboxylic acids is 2. The molecule has 0 aliphatic carbocycles. The quantitative estimate of drug-likeness (QED) is 0.286. The Balaban J connectivity index is 0.00000200. The van der Waals surface area contributed by atoms with Crippen LogP contribution in [0.3, 0.4) is 0 Å². The Morgan fingerprint density at radius 3 is 2.55 bits per heavy atom. The van der Waals surface area contributed by atoms with E-state index >= 15 is 0 Å². The van der Waals surface area contributed by atoms with Crippen LogP contribution in [-0.2, 0) is 9.59 Å². The van der Waals surface area contributed by atoms with Gasteiger partial charge in [-0.3, -0.25) is 0 Å². The summed E-state index contributed by atoms with van der Waals surface area (Å²) in [5, 5.41) is 27.0.